The van der Waals surface area contributed by atoms with E-state index in [1.807, 2.05) is 0 Å². The number of ketones is 1. The van der Waals surface area contributed by atoms with E-state index in [1.165, 1.54) is 12.5 Å². The number of amides is 1. The van der Waals surface area contributed by atoms with Crippen molar-refractivity contribution >= 4 is 17.7 Å². The van der Waals surface area contributed by atoms with E-state index >= 15 is 0 Å². The highest BCUT2D eigenvalue weighted by molar-refractivity contribution is 6.02. The van der Waals surface area contributed by atoms with Crippen molar-refractivity contribution in [3.63, 3.8) is 0 Å². The zero-order chi connectivity index (χ0) is 26.4. The monoisotopic (exact) mass is 509 g/mol. The van der Waals surface area contributed by atoms with E-state index in [0.29, 0.717) is 23.5 Å². The van der Waals surface area contributed by atoms with Gasteiger partial charge in [-0.1, -0.05) is 32.4 Å². The first-order chi connectivity index (χ1) is 17.5. The second-order valence-corrected chi connectivity index (χ2v) is 13.4. The molecular weight excluding hydrogens is 466 g/mol. The third kappa shape index (κ3) is 3.49. The Morgan fingerprint density at radius 3 is 2.62 bits per heavy atom. The molecule has 1 amide bonds. The molecule has 0 aromatic carbocycles. The molecule has 6 aliphatic rings. The highest BCUT2D eigenvalue weighted by atomic mass is 16.5. The molecule has 6 heteroatoms. The summed E-state index contributed by atoms with van der Waals surface area (Å²) in [5.41, 5.74) is 2.90. The number of nitrogens with zero attached hydrogens (tertiary/aromatic N) is 1. The Hall–Kier alpha value is -1.95. The van der Waals surface area contributed by atoms with Gasteiger partial charge >= 0.3 is 5.97 Å². The maximum absolute atomic E-state index is 14.4. The van der Waals surface area contributed by atoms with Crippen molar-refractivity contribution in [2.75, 3.05) is 6.54 Å². The molecule has 0 radical (unpaired) electrons. The number of fused-ring (bicyclic) bond motifs is 6. The summed E-state index contributed by atoms with van der Waals surface area (Å²) >= 11 is 0. The van der Waals surface area contributed by atoms with Crippen LogP contribution in [-0.4, -0.2) is 53.0 Å². The van der Waals surface area contributed by atoms with Gasteiger partial charge in [0.2, 0.25) is 5.91 Å². The molecule has 6 rings (SSSR count). The molecule has 4 aliphatic carbocycles. The fourth-order valence-corrected chi connectivity index (χ4v) is 9.83. The Morgan fingerprint density at radius 2 is 1.92 bits per heavy atom. The van der Waals surface area contributed by atoms with E-state index in [-0.39, 0.29) is 47.4 Å². The Labute approximate surface area is 221 Å². The van der Waals surface area contributed by atoms with Crippen LogP contribution in [0.4, 0.5) is 0 Å². The normalized spacial score (nSPS) is 46.7. The van der Waals surface area contributed by atoms with Gasteiger partial charge in [-0.15, -0.1) is 0 Å². The Balaban J connectivity index is 1.34. The summed E-state index contributed by atoms with van der Waals surface area (Å²) in [5, 5.41) is 0. The molecule has 10 unspecified atom stereocenters. The predicted molar refractivity (Wildman–Crippen MR) is 139 cm³/mol. The maximum Gasteiger partial charge on any atom is 0.302 e. The van der Waals surface area contributed by atoms with Gasteiger partial charge in [-0.2, -0.15) is 0 Å². The van der Waals surface area contributed by atoms with Crippen molar-refractivity contribution in [1.29, 1.82) is 0 Å². The fourth-order valence-electron chi connectivity index (χ4n) is 9.83. The van der Waals surface area contributed by atoms with E-state index in [4.69, 9.17) is 9.47 Å². The minimum atomic E-state index is -0.452. The molecule has 4 fully saturated rings. The van der Waals surface area contributed by atoms with E-state index in [0.717, 1.165) is 62.6 Å². The van der Waals surface area contributed by atoms with E-state index in [1.54, 1.807) is 6.92 Å². The Bertz CT molecular complexity index is 1110. The van der Waals surface area contributed by atoms with Crippen molar-refractivity contribution < 1.29 is 23.9 Å². The second-order valence-electron chi connectivity index (χ2n) is 13.4. The lowest BCUT2D eigenvalue weighted by Gasteiger charge is -2.48. The highest BCUT2D eigenvalue weighted by Gasteiger charge is 2.64. The van der Waals surface area contributed by atoms with Gasteiger partial charge in [0.1, 0.15) is 6.10 Å². The lowest BCUT2D eigenvalue weighted by atomic mass is 9.56. The van der Waals surface area contributed by atoms with E-state index in [2.05, 4.69) is 38.7 Å². The van der Waals surface area contributed by atoms with Gasteiger partial charge in [-0.25, -0.2) is 0 Å². The van der Waals surface area contributed by atoms with Crippen LogP contribution in [0.1, 0.15) is 86.5 Å². The standard InChI is InChI=1S/C31H43NO5/c1-16-13-25-28(32(15-16)19(4)33)18(3)31(37-25)12-10-23-24-8-7-21-14-22(36-20(5)34)9-11-30(21,6)27(24)29(35)26(23)17(31)2/h7,16,18,22-25,27-28H,8-15H2,1-6H3. The first kappa shape index (κ1) is 25.3. The fraction of sp³-hybridized carbons (Fsp3) is 0.774. The topological polar surface area (TPSA) is 72.9 Å². The molecule has 1 spiro atoms. The molecule has 0 aromatic heterocycles. The predicted octanol–water partition coefficient (Wildman–Crippen LogP) is 5.01. The lowest BCUT2D eigenvalue weighted by Crippen LogP contribution is -2.53. The van der Waals surface area contributed by atoms with Gasteiger partial charge in [0.25, 0.3) is 0 Å². The first-order valence-electron chi connectivity index (χ1n) is 14.5. The number of hydrogen-bond donors (Lipinski definition) is 0. The van der Waals surface area contributed by atoms with E-state index < -0.39 is 5.60 Å². The SMILES string of the molecule is CC(=O)OC1CCC2(C)C(=CCC3C4CCC5(OC6CC(C)CN(C(C)=O)C6C5C)C(C)=C4C(=O)C32)C1. The number of carbonyl (C=O) groups is 3. The summed E-state index contributed by atoms with van der Waals surface area (Å²) in [6.07, 6.45) is 8.61. The number of hydrogen-bond acceptors (Lipinski definition) is 5. The molecule has 2 saturated carbocycles. The molecule has 37 heavy (non-hydrogen) atoms. The van der Waals surface area contributed by atoms with Crippen molar-refractivity contribution in [3.05, 3.63) is 22.8 Å². The summed E-state index contributed by atoms with van der Waals surface area (Å²) in [6.45, 7) is 12.9. The smallest absolute Gasteiger partial charge is 0.302 e. The number of rotatable bonds is 1. The van der Waals surface area contributed by atoms with Crippen LogP contribution < -0.4 is 0 Å². The molecule has 2 heterocycles. The summed E-state index contributed by atoms with van der Waals surface area (Å²) in [7, 11) is 0. The molecule has 10 atom stereocenters. The number of piperidine rings is 1. The second kappa shape index (κ2) is 8.53. The van der Waals surface area contributed by atoms with Gasteiger partial charge in [-0.3, -0.25) is 14.4 Å². The summed E-state index contributed by atoms with van der Waals surface area (Å²) in [6, 6.07) is 0.0851. The van der Waals surface area contributed by atoms with Gasteiger partial charge in [0, 0.05) is 44.2 Å². The van der Waals surface area contributed by atoms with Crippen LogP contribution in [0.25, 0.3) is 0 Å². The molecule has 0 N–H and O–H groups in total. The van der Waals surface area contributed by atoms with Crippen LogP contribution >= 0.6 is 0 Å². The Morgan fingerprint density at radius 1 is 1.16 bits per heavy atom. The number of likely N-dealkylation sites (tertiary alicyclic amines) is 1. The number of allylic oxidation sites excluding steroid dienone is 2. The molecular formula is C31H43NO5. The lowest BCUT2D eigenvalue weighted by molar-refractivity contribution is -0.148. The van der Waals surface area contributed by atoms with Crippen LogP contribution in [0.15, 0.2) is 22.8 Å². The van der Waals surface area contributed by atoms with Gasteiger partial charge in [0.05, 0.1) is 17.7 Å². The van der Waals surface area contributed by atoms with Crippen molar-refractivity contribution in [2.45, 2.75) is 110 Å². The van der Waals surface area contributed by atoms with Crippen LogP contribution in [-0.2, 0) is 23.9 Å². The van der Waals surface area contributed by atoms with Crippen LogP contribution in [0.3, 0.4) is 0 Å². The van der Waals surface area contributed by atoms with Gasteiger partial charge in [-0.05, 0) is 74.2 Å². The Kier molecular flexibility index (Phi) is 5.84. The van der Waals surface area contributed by atoms with Crippen molar-refractivity contribution in [1.82, 2.24) is 4.90 Å². The van der Waals surface area contributed by atoms with Crippen molar-refractivity contribution in [3.8, 4) is 0 Å². The van der Waals surface area contributed by atoms with Gasteiger partial charge in [0.15, 0.2) is 5.78 Å². The minimum Gasteiger partial charge on any atom is -0.462 e. The van der Waals surface area contributed by atoms with E-state index in [9.17, 15) is 14.4 Å². The summed E-state index contributed by atoms with van der Waals surface area (Å²) in [4.78, 5) is 40.6. The highest BCUT2D eigenvalue weighted by Crippen LogP contribution is 2.64. The maximum atomic E-state index is 14.4. The molecule has 202 valence electrons. The molecule has 2 aliphatic heterocycles. The molecule has 0 aromatic rings. The minimum absolute atomic E-state index is 0.00334. The largest absolute Gasteiger partial charge is 0.462 e. The third-order valence-electron chi connectivity index (χ3n) is 11.4. The van der Waals surface area contributed by atoms with Crippen molar-refractivity contribution in [2.24, 2.45) is 35.0 Å². The third-order valence-corrected chi connectivity index (χ3v) is 11.4. The summed E-state index contributed by atoms with van der Waals surface area (Å²) in [5.74, 6) is 1.48. The van der Waals surface area contributed by atoms with Crippen LogP contribution in [0.5, 0.6) is 0 Å². The van der Waals surface area contributed by atoms with Crippen LogP contribution in [0, 0.1) is 35.0 Å². The number of carbonyl (C=O) groups excluding carboxylic acids is 3. The quantitative estimate of drug-likeness (QED) is 0.367. The average molecular weight is 510 g/mol. The molecule has 2 saturated heterocycles. The zero-order valence-corrected chi connectivity index (χ0v) is 23.3. The van der Waals surface area contributed by atoms with Gasteiger partial charge < -0.3 is 14.4 Å². The average Bonchev–Trinajstić information content (AvgIpc) is 3.28. The summed E-state index contributed by atoms with van der Waals surface area (Å²) < 4.78 is 12.6. The molecule has 6 nitrogen and oxygen atoms in total. The molecule has 0 bridgehead atoms. The first-order valence-corrected chi connectivity index (χ1v) is 14.5. The zero-order valence-electron chi connectivity index (χ0n) is 23.3. The van der Waals surface area contributed by atoms with Crippen LogP contribution in [0.2, 0.25) is 0 Å². The number of Topliss-reactive ketones (excluding diaryl/α,β-unsaturated/α-hetero) is 1. The number of esters is 1. The number of ether oxygens (including phenoxy) is 2.